The number of sulfone groups is 1. The van der Waals surface area contributed by atoms with Gasteiger partial charge in [-0.2, -0.15) is 0 Å². The molecule has 1 N–H and O–H groups in total. The minimum atomic E-state index is -3.93. The maximum Gasteiger partial charge on any atom is 0.169 e. The molecular formula is C24H20BrClFNO3S. The third-order valence-electron chi connectivity index (χ3n) is 5.87. The van der Waals surface area contributed by atoms with Gasteiger partial charge in [0, 0.05) is 21.6 Å². The van der Waals surface area contributed by atoms with E-state index in [1.807, 2.05) is 24.1 Å². The third kappa shape index (κ3) is 4.28. The lowest BCUT2D eigenvalue weighted by atomic mass is 9.92. The number of nitrogens with one attached hydrogen (secondary N) is 1. The van der Waals surface area contributed by atoms with Crippen LogP contribution in [0.2, 0.25) is 5.02 Å². The van der Waals surface area contributed by atoms with E-state index in [-0.39, 0.29) is 12.1 Å². The SMILES string of the molecule is CC1=CC(c2cc(F)ccc2Cl)=CC(S(=O)(=O)C2CNCCc3ccc(Br)cc32)C1=C=O. The summed E-state index contributed by atoms with van der Waals surface area (Å²) in [6.07, 6.45) is 3.82. The number of rotatable bonds is 3. The van der Waals surface area contributed by atoms with Crippen LogP contribution in [0.4, 0.5) is 4.39 Å². The van der Waals surface area contributed by atoms with Crippen LogP contribution in [0.5, 0.6) is 0 Å². The van der Waals surface area contributed by atoms with Crippen molar-refractivity contribution in [3.05, 3.63) is 91.7 Å². The molecule has 2 aromatic carbocycles. The van der Waals surface area contributed by atoms with Crippen LogP contribution in [0.25, 0.3) is 5.57 Å². The number of carbonyl (C=O) groups excluding carboxylic acids is 1. The lowest BCUT2D eigenvalue weighted by Crippen LogP contribution is -2.34. The van der Waals surface area contributed by atoms with E-state index in [1.54, 1.807) is 13.0 Å². The molecule has 1 aliphatic heterocycles. The molecule has 0 saturated carbocycles. The van der Waals surface area contributed by atoms with Crippen molar-refractivity contribution in [2.24, 2.45) is 0 Å². The maximum atomic E-state index is 14.0. The van der Waals surface area contributed by atoms with E-state index >= 15 is 0 Å². The molecule has 4 nitrogen and oxygen atoms in total. The van der Waals surface area contributed by atoms with Gasteiger partial charge in [-0.15, -0.1) is 0 Å². The highest BCUT2D eigenvalue weighted by Crippen LogP contribution is 2.40. The molecule has 0 amide bonds. The van der Waals surface area contributed by atoms with Crippen LogP contribution in [-0.2, 0) is 21.1 Å². The highest BCUT2D eigenvalue weighted by atomic mass is 79.9. The summed E-state index contributed by atoms with van der Waals surface area (Å²) in [5.74, 6) is 1.35. The van der Waals surface area contributed by atoms with Gasteiger partial charge < -0.3 is 5.32 Å². The van der Waals surface area contributed by atoms with E-state index in [1.165, 1.54) is 24.3 Å². The average Bonchev–Trinajstić information content (AvgIpc) is 2.97. The van der Waals surface area contributed by atoms with Crippen molar-refractivity contribution in [1.82, 2.24) is 5.32 Å². The van der Waals surface area contributed by atoms with E-state index in [9.17, 15) is 17.6 Å². The molecular weight excluding hydrogens is 517 g/mol. The first-order valence-corrected chi connectivity index (χ1v) is 12.8. The molecule has 2 unspecified atom stereocenters. The maximum absolute atomic E-state index is 14.0. The van der Waals surface area contributed by atoms with Crippen LogP contribution in [0.3, 0.4) is 0 Å². The summed E-state index contributed by atoms with van der Waals surface area (Å²) in [5.41, 5.74) is 3.00. The Bertz CT molecular complexity index is 1310. The molecule has 4 rings (SSSR count). The zero-order valence-electron chi connectivity index (χ0n) is 17.2. The molecule has 0 fully saturated rings. The molecule has 2 aromatic rings. The number of hydrogen-bond acceptors (Lipinski definition) is 4. The lowest BCUT2D eigenvalue weighted by Gasteiger charge is -2.27. The van der Waals surface area contributed by atoms with Gasteiger partial charge in [0.25, 0.3) is 0 Å². The van der Waals surface area contributed by atoms with Crippen molar-refractivity contribution in [3.63, 3.8) is 0 Å². The van der Waals surface area contributed by atoms with Crippen LogP contribution >= 0.6 is 27.5 Å². The number of halogens is 3. The highest BCUT2D eigenvalue weighted by molar-refractivity contribution is 9.10. The number of allylic oxidation sites excluding steroid dienone is 3. The normalized spacial score (nSPS) is 21.2. The molecule has 0 bridgehead atoms. The van der Waals surface area contributed by atoms with Gasteiger partial charge in [-0.25, -0.2) is 17.6 Å². The minimum absolute atomic E-state index is 0.0575. The van der Waals surface area contributed by atoms with Crippen molar-refractivity contribution in [2.45, 2.75) is 23.8 Å². The predicted octanol–water partition coefficient (Wildman–Crippen LogP) is 5.01. The van der Waals surface area contributed by atoms with Crippen molar-refractivity contribution >= 4 is 48.9 Å². The van der Waals surface area contributed by atoms with E-state index < -0.39 is 26.2 Å². The molecule has 0 saturated heterocycles. The van der Waals surface area contributed by atoms with Crippen molar-refractivity contribution in [1.29, 1.82) is 0 Å². The van der Waals surface area contributed by atoms with Crippen molar-refractivity contribution in [2.75, 3.05) is 13.1 Å². The van der Waals surface area contributed by atoms with Gasteiger partial charge in [0.1, 0.15) is 17.0 Å². The number of hydrogen-bond donors (Lipinski definition) is 1. The fourth-order valence-electron chi connectivity index (χ4n) is 4.24. The first-order chi connectivity index (χ1) is 15.2. The molecule has 32 heavy (non-hydrogen) atoms. The Balaban J connectivity index is 1.88. The molecule has 2 aliphatic rings. The minimum Gasteiger partial charge on any atom is -0.315 e. The second kappa shape index (κ2) is 9.08. The summed E-state index contributed by atoms with van der Waals surface area (Å²) in [4.78, 5) is 11.8. The fraction of sp³-hybridized carbons (Fsp3) is 0.250. The van der Waals surface area contributed by atoms with Gasteiger partial charge in [0.15, 0.2) is 9.84 Å². The fourth-order valence-corrected chi connectivity index (χ4v) is 7.03. The molecule has 0 aromatic heterocycles. The Hall–Kier alpha value is -2.02. The van der Waals surface area contributed by atoms with Crippen LogP contribution in [0.15, 0.2) is 64.2 Å². The van der Waals surface area contributed by atoms with E-state index in [0.717, 1.165) is 10.0 Å². The smallest absolute Gasteiger partial charge is 0.169 e. The summed E-state index contributed by atoms with van der Waals surface area (Å²) >= 11 is 9.72. The number of fused-ring (bicyclic) bond motifs is 1. The highest BCUT2D eigenvalue weighted by Gasteiger charge is 2.40. The monoisotopic (exact) mass is 535 g/mol. The second-order valence-electron chi connectivity index (χ2n) is 7.88. The van der Waals surface area contributed by atoms with Crippen molar-refractivity contribution in [3.8, 4) is 0 Å². The van der Waals surface area contributed by atoms with Crippen LogP contribution in [0, 0.1) is 5.82 Å². The average molecular weight is 537 g/mol. The Kier molecular flexibility index (Phi) is 6.57. The van der Waals surface area contributed by atoms with E-state index in [2.05, 4.69) is 21.2 Å². The first-order valence-electron chi connectivity index (χ1n) is 10.0. The Morgan fingerprint density at radius 1 is 1.22 bits per heavy atom. The quantitative estimate of drug-likeness (QED) is 0.560. The van der Waals surface area contributed by atoms with Crippen LogP contribution in [-0.4, -0.2) is 32.7 Å². The van der Waals surface area contributed by atoms with Gasteiger partial charge in [0.05, 0.1) is 10.8 Å². The van der Waals surface area contributed by atoms with Crippen molar-refractivity contribution < 1.29 is 17.6 Å². The molecule has 166 valence electrons. The van der Waals surface area contributed by atoms with Gasteiger partial charge in [-0.1, -0.05) is 45.7 Å². The van der Waals surface area contributed by atoms with Gasteiger partial charge in [-0.05, 0) is 72.5 Å². The molecule has 2 atom stereocenters. The second-order valence-corrected chi connectivity index (χ2v) is 11.5. The largest absolute Gasteiger partial charge is 0.315 e. The Labute approximate surface area is 199 Å². The zero-order valence-corrected chi connectivity index (χ0v) is 20.3. The Morgan fingerprint density at radius 3 is 2.75 bits per heavy atom. The van der Waals surface area contributed by atoms with Crippen LogP contribution in [0.1, 0.15) is 28.9 Å². The van der Waals surface area contributed by atoms with Gasteiger partial charge in [-0.3, -0.25) is 0 Å². The molecule has 8 heteroatoms. The summed E-state index contributed by atoms with van der Waals surface area (Å²) in [7, 11) is -3.93. The summed E-state index contributed by atoms with van der Waals surface area (Å²) < 4.78 is 42.6. The lowest BCUT2D eigenvalue weighted by molar-refractivity contribution is 0.561. The molecule has 1 aliphatic carbocycles. The third-order valence-corrected chi connectivity index (χ3v) is 8.98. The van der Waals surface area contributed by atoms with Crippen LogP contribution < -0.4 is 5.32 Å². The van der Waals surface area contributed by atoms with Gasteiger partial charge in [0.2, 0.25) is 0 Å². The molecule has 0 spiro atoms. The topological polar surface area (TPSA) is 63.2 Å². The summed E-state index contributed by atoms with van der Waals surface area (Å²) in [6.45, 7) is 2.53. The molecule has 1 heterocycles. The van der Waals surface area contributed by atoms with E-state index in [4.69, 9.17) is 11.6 Å². The van der Waals surface area contributed by atoms with E-state index in [0.29, 0.717) is 40.3 Å². The molecule has 0 radical (unpaired) electrons. The standard InChI is InChI=1S/C24H20BrClFNO3S/c1-14-8-16(19-11-18(27)4-5-22(19)26)9-23(21(14)13-29)32(30,31)24-12-28-7-6-15-2-3-17(25)10-20(15)24/h2-5,8-11,23-24,28H,6-7,12H2,1H3. The number of benzene rings is 2. The zero-order chi connectivity index (χ0) is 23.0. The summed E-state index contributed by atoms with van der Waals surface area (Å²) in [6, 6.07) is 9.56. The summed E-state index contributed by atoms with van der Waals surface area (Å²) in [5, 5.41) is 1.41. The predicted molar refractivity (Wildman–Crippen MR) is 129 cm³/mol. The first kappa shape index (κ1) is 23.1. The Morgan fingerprint density at radius 2 is 2.00 bits per heavy atom. The van der Waals surface area contributed by atoms with Gasteiger partial charge >= 0.3 is 0 Å².